The van der Waals surface area contributed by atoms with Gasteiger partial charge in [0.15, 0.2) is 0 Å². The molecule has 2 rings (SSSR count). The van der Waals surface area contributed by atoms with Crippen LogP contribution in [0.15, 0.2) is 48.5 Å². The summed E-state index contributed by atoms with van der Waals surface area (Å²) in [7, 11) is 0. The summed E-state index contributed by atoms with van der Waals surface area (Å²) in [5, 5.41) is 7.78. The number of rotatable bonds is 5. The summed E-state index contributed by atoms with van der Waals surface area (Å²) < 4.78 is 5.06. The predicted molar refractivity (Wildman–Crippen MR) is 108 cm³/mol. The van der Waals surface area contributed by atoms with Crippen molar-refractivity contribution in [3.05, 3.63) is 54.1 Å². The Morgan fingerprint density at radius 1 is 0.893 bits per heavy atom. The molecule has 28 heavy (non-hydrogen) atoms. The van der Waals surface area contributed by atoms with Crippen LogP contribution in [0.3, 0.4) is 0 Å². The van der Waals surface area contributed by atoms with Gasteiger partial charge in [0.2, 0.25) is 5.91 Å². The lowest BCUT2D eigenvalue weighted by Gasteiger charge is -2.19. The molecule has 0 unspecified atom stereocenters. The van der Waals surface area contributed by atoms with Gasteiger partial charge >= 0.3 is 6.09 Å². The molecule has 0 aliphatic rings. The van der Waals surface area contributed by atoms with Crippen LogP contribution in [0.4, 0.5) is 21.9 Å². The number of nitrogen functional groups attached to an aromatic ring is 1. The van der Waals surface area contributed by atoms with Gasteiger partial charge in [-0.2, -0.15) is 0 Å². The quantitative estimate of drug-likeness (QED) is 0.590. The monoisotopic (exact) mass is 384 g/mol. The predicted octanol–water partition coefficient (Wildman–Crippen LogP) is 2.98. The van der Waals surface area contributed by atoms with E-state index in [0.717, 1.165) is 0 Å². The zero-order valence-electron chi connectivity index (χ0n) is 16.0. The Balaban J connectivity index is 1.83. The van der Waals surface area contributed by atoms with Crippen LogP contribution < -0.4 is 21.7 Å². The molecular weight excluding hydrogens is 360 g/mol. The fourth-order valence-corrected chi connectivity index (χ4v) is 2.15. The second kappa shape index (κ2) is 8.90. The topological polar surface area (TPSA) is 123 Å². The Morgan fingerprint density at radius 2 is 1.43 bits per heavy atom. The van der Waals surface area contributed by atoms with E-state index in [2.05, 4.69) is 16.0 Å². The van der Waals surface area contributed by atoms with Gasteiger partial charge in [-0.25, -0.2) is 4.79 Å². The summed E-state index contributed by atoms with van der Waals surface area (Å²) in [6, 6.07) is 13.2. The van der Waals surface area contributed by atoms with E-state index in [4.69, 9.17) is 10.5 Å². The standard InChI is InChI=1S/C20H24N4O4/c1-20(2,3)28-19(27)22-12-17(25)23-15-8-10-16(11-9-15)24-18(26)13-4-6-14(21)7-5-13/h4-11H,12,21H2,1-3H3,(H,22,27)(H,23,25)(H,24,26). The van der Waals surface area contributed by atoms with Gasteiger partial charge in [0.25, 0.3) is 5.91 Å². The van der Waals surface area contributed by atoms with Crippen molar-refractivity contribution >= 4 is 35.0 Å². The summed E-state index contributed by atoms with van der Waals surface area (Å²) >= 11 is 0. The maximum atomic E-state index is 12.2. The Kier molecular flexibility index (Phi) is 6.59. The Labute approximate surface area is 163 Å². The number of carbonyl (C=O) groups excluding carboxylic acids is 3. The van der Waals surface area contributed by atoms with Gasteiger partial charge in [0.05, 0.1) is 0 Å². The van der Waals surface area contributed by atoms with E-state index in [1.165, 1.54) is 0 Å². The minimum atomic E-state index is -0.664. The number of hydrogen-bond acceptors (Lipinski definition) is 5. The van der Waals surface area contributed by atoms with Crippen LogP contribution >= 0.6 is 0 Å². The van der Waals surface area contributed by atoms with Crippen molar-refractivity contribution in [2.75, 3.05) is 22.9 Å². The summed E-state index contributed by atoms with van der Waals surface area (Å²) in [6.45, 7) is 4.99. The molecule has 2 aromatic rings. The zero-order valence-corrected chi connectivity index (χ0v) is 16.0. The molecule has 8 heteroatoms. The molecule has 5 N–H and O–H groups in total. The number of hydrogen-bond donors (Lipinski definition) is 4. The summed E-state index contributed by atoms with van der Waals surface area (Å²) in [5.41, 5.74) is 7.14. The first-order chi connectivity index (χ1) is 13.1. The van der Waals surface area contributed by atoms with Crippen molar-refractivity contribution in [2.24, 2.45) is 0 Å². The van der Waals surface area contributed by atoms with Crippen molar-refractivity contribution in [1.29, 1.82) is 0 Å². The molecule has 0 saturated heterocycles. The highest BCUT2D eigenvalue weighted by molar-refractivity contribution is 6.04. The number of nitrogens with two attached hydrogens (primary N) is 1. The molecule has 0 aliphatic heterocycles. The van der Waals surface area contributed by atoms with E-state index in [1.54, 1.807) is 69.3 Å². The molecule has 2 aromatic carbocycles. The van der Waals surface area contributed by atoms with Crippen molar-refractivity contribution in [1.82, 2.24) is 5.32 Å². The van der Waals surface area contributed by atoms with Gasteiger partial charge in [0, 0.05) is 22.6 Å². The maximum Gasteiger partial charge on any atom is 0.408 e. The van der Waals surface area contributed by atoms with Crippen LogP contribution in [0, 0.1) is 0 Å². The van der Waals surface area contributed by atoms with Crippen LogP contribution in [0.1, 0.15) is 31.1 Å². The largest absolute Gasteiger partial charge is 0.444 e. The fourth-order valence-electron chi connectivity index (χ4n) is 2.15. The molecule has 8 nitrogen and oxygen atoms in total. The number of benzene rings is 2. The minimum Gasteiger partial charge on any atom is -0.444 e. The molecule has 0 saturated carbocycles. The third kappa shape index (κ3) is 6.99. The van der Waals surface area contributed by atoms with E-state index in [9.17, 15) is 14.4 Å². The Bertz CT molecular complexity index is 840. The molecule has 0 atom stereocenters. The van der Waals surface area contributed by atoms with Crippen LogP contribution in [-0.4, -0.2) is 30.1 Å². The van der Waals surface area contributed by atoms with E-state index in [-0.39, 0.29) is 12.5 Å². The molecule has 0 heterocycles. The number of alkyl carbamates (subject to hydrolysis) is 1. The molecule has 0 aromatic heterocycles. The highest BCUT2D eigenvalue weighted by Crippen LogP contribution is 2.15. The number of nitrogens with one attached hydrogen (secondary N) is 3. The lowest BCUT2D eigenvalue weighted by atomic mass is 10.2. The number of carbonyl (C=O) groups is 3. The van der Waals surface area contributed by atoms with Crippen LogP contribution in [0.25, 0.3) is 0 Å². The van der Waals surface area contributed by atoms with Gasteiger partial charge in [0.1, 0.15) is 12.1 Å². The number of anilines is 3. The van der Waals surface area contributed by atoms with Crippen molar-refractivity contribution in [3.8, 4) is 0 Å². The van der Waals surface area contributed by atoms with E-state index >= 15 is 0 Å². The van der Waals surface area contributed by atoms with Crippen molar-refractivity contribution in [2.45, 2.75) is 26.4 Å². The molecule has 0 radical (unpaired) electrons. The molecule has 0 spiro atoms. The fraction of sp³-hybridized carbons (Fsp3) is 0.250. The second-order valence-electron chi connectivity index (χ2n) is 7.06. The Morgan fingerprint density at radius 3 is 1.96 bits per heavy atom. The first-order valence-electron chi connectivity index (χ1n) is 8.66. The molecule has 0 aliphatic carbocycles. The highest BCUT2D eigenvalue weighted by Gasteiger charge is 2.16. The molecule has 0 fully saturated rings. The third-order valence-electron chi connectivity index (χ3n) is 3.39. The van der Waals surface area contributed by atoms with Gasteiger partial charge < -0.3 is 26.4 Å². The second-order valence-corrected chi connectivity index (χ2v) is 7.06. The van der Waals surface area contributed by atoms with E-state index < -0.39 is 17.6 Å². The van der Waals surface area contributed by atoms with Crippen LogP contribution in [0.5, 0.6) is 0 Å². The van der Waals surface area contributed by atoms with E-state index in [1.807, 2.05) is 0 Å². The first kappa shape index (κ1) is 20.8. The number of ether oxygens (including phenoxy) is 1. The Hall–Kier alpha value is -3.55. The van der Waals surface area contributed by atoms with Gasteiger partial charge in [-0.1, -0.05) is 0 Å². The number of amides is 3. The van der Waals surface area contributed by atoms with Crippen LogP contribution in [0.2, 0.25) is 0 Å². The highest BCUT2D eigenvalue weighted by atomic mass is 16.6. The van der Waals surface area contributed by atoms with Crippen LogP contribution in [-0.2, 0) is 9.53 Å². The average Bonchev–Trinajstić information content (AvgIpc) is 2.61. The summed E-state index contributed by atoms with van der Waals surface area (Å²) in [6.07, 6.45) is -0.664. The lowest BCUT2D eigenvalue weighted by molar-refractivity contribution is -0.115. The third-order valence-corrected chi connectivity index (χ3v) is 3.39. The molecule has 148 valence electrons. The SMILES string of the molecule is CC(C)(C)OC(=O)NCC(=O)Nc1ccc(NC(=O)c2ccc(N)cc2)cc1. The van der Waals surface area contributed by atoms with Crippen molar-refractivity contribution in [3.63, 3.8) is 0 Å². The molecular formula is C20H24N4O4. The van der Waals surface area contributed by atoms with Gasteiger partial charge in [-0.3, -0.25) is 9.59 Å². The smallest absolute Gasteiger partial charge is 0.408 e. The zero-order chi connectivity index (χ0) is 20.7. The van der Waals surface area contributed by atoms with E-state index in [0.29, 0.717) is 22.6 Å². The summed E-state index contributed by atoms with van der Waals surface area (Å²) in [5.74, 6) is -0.664. The normalized spacial score (nSPS) is 10.7. The average molecular weight is 384 g/mol. The minimum absolute atomic E-state index is 0.218. The summed E-state index contributed by atoms with van der Waals surface area (Å²) in [4.78, 5) is 35.6. The molecule has 0 bridgehead atoms. The van der Waals surface area contributed by atoms with Crippen molar-refractivity contribution < 1.29 is 19.1 Å². The molecule has 3 amide bonds. The maximum absolute atomic E-state index is 12.2. The van der Waals surface area contributed by atoms with Gasteiger partial charge in [-0.15, -0.1) is 0 Å². The first-order valence-corrected chi connectivity index (χ1v) is 8.66. The lowest BCUT2D eigenvalue weighted by Crippen LogP contribution is -2.37. The van der Waals surface area contributed by atoms with Gasteiger partial charge in [-0.05, 0) is 69.3 Å².